The molecule has 1 aromatic rings. The van der Waals surface area contributed by atoms with E-state index in [1.165, 1.54) is 54.1 Å². The number of hydrogen-bond donors (Lipinski definition) is 1. The van der Waals surface area contributed by atoms with E-state index in [0.29, 0.717) is 0 Å². The predicted molar refractivity (Wildman–Crippen MR) is 74.7 cm³/mol. The Balaban J connectivity index is 1.96. The first kappa shape index (κ1) is 13.0. The molecule has 0 saturated heterocycles. The molecule has 2 nitrogen and oxygen atoms in total. The van der Waals surface area contributed by atoms with Crippen LogP contribution in [-0.4, -0.2) is 11.5 Å². The van der Waals surface area contributed by atoms with Crippen molar-refractivity contribution >= 4 is 11.3 Å². The highest BCUT2D eigenvalue weighted by Crippen LogP contribution is 2.35. The molecule has 17 heavy (non-hydrogen) atoms. The van der Waals surface area contributed by atoms with Gasteiger partial charge in [-0.3, -0.25) is 0 Å². The number of hydrogen-bond acceptors (Lipinski definition) is 3. The van der Waals surface area contributed by atoms with Crippen LogP contribution in [0.2, 0.25) is 0 Å². The first-order chi connectivity index (χ1) is 8.31. The minimum Gasteiger partial charge on any atom is -0.312 e. The van der Waals surface area contributed by atoms with Crippen molar-refractivity contribution in [2.24, 2.45) is 0 Å². The van der Waals surface area contributed by atoms with Crippen LogP contribution in [0.15, 0.2) is 0 Å². The van der Waals surface area contributed by atoms with Crippen molar-refractivity contribution in [1.82, 2.24) is 10.3 Å². The first-order valence-electron chi connectivity index (χ1n) is 6.98. The van der Waals surface area contributed by atoms with E-state index in [4.69, 9.17) is 4.98 Å². The van der Waals surface area contributed by atoms with E-state index < -0.39 is 0 Å². The molecule has 0 radical (unpaired) electrons. The lowest BCUT2D eigenvalue weighted by atomic mass is 9.90. The molecular weight excluding hydrogens is 228 g/mol. The molecule has 1 aliphatic carbocycles. The lowest BCUT2D eigenvalue weighted by molar-refractivity contribution is 0.442. The van der Waals surface area contributed by atoms with Gasteiger partial charge in [0.15, 0.2) is 0 Å². The van der Waals surface area contributed by atoms with Crippen LogP contribution in [0.25, 0.3) is 0 Å². The molecule has 1 aliphatic rings. The lowest BCUT2D eigenvalue weighted by Gasteiger charge is -2.18. The lowest BCUT2D eigenvalue weighted by Crippen LogP contribution is -2.13. The molecule has 1 N–H and O–H groups in total. The summed E-state index contributed by atoms with van der Waals surface area (Å²) in [5, 5.41) is 4.88. The highest BCUT2D eigenvalue weighted by atomic mass is 32.1. The van der Waals surface area contributed by atoms with Crippen molar-refractivity contribution in [3.63, 3.8) is 0 Å². The molecule has 1 aromatic heterocycles. The standard InChI is InChI=1S/C14H24N2S/c1-3-9-15-10-13-11(2)16-14(17-13)12-7-5-4-6-8-12/h12,15H,3-10H2,1-2H3. The summed E-state index contributed by atoms with van der Waals surface area (Å²) >= 11 is 1.94. The van der Waals surface area contributed by atoms with Gasteiger partial charge in [-0.05, 0) is 32.7 Å². The van der Waals surface area contributed by atoms with Crippen LogP contribution in [0.1, 0.15) is 66.9 Å². The summed E-state index contributed by atoms with van der Waals surface area (Å²) in [6, 6.07) is 0. The third-order valence-corrected chi connectivity index (χ3v) is 4.90. The van der Waals surface area contributed by atoms with E-state index >= 15 is 0 Å². The summed E-state index contributed by atoms with van der Waals surface area (Å²) in [6.45, 7) is 6.48. The summed E-state index contributed by atoms with van der Waals surface area (Å²) in [5.41, 5.74) is 1.25. The maximum absolute atomic E-state index is 4.79. The van der Waals surface area contributed by atoms with Gasteiger partial charge in [0.25, 0.3) is 0 Å². The average Bonchev–Trinajstić information content (AvgIpc) is 2.73. The maximum atomic E-state index is 4.79. The normalized spacial score (nSPS) is 17.5. The summed E-state index contributed by atoms with van der Waals surface area (Å²) in [7, 11) is 0. The van der Waals surface area contributed by atoms with Gasteiger partial charge in [-0.2, -0.15) is 0 Å². The van der Waals surface area contributed by atoms with Gasteiger partial charge in [-0.25, -0.2) is 4.98 Å². The monoisotopic (exact) mass is 252 g/mol. The van der Waals surface area contributed by atoms with E-state index in [0.717, 1.165) is 19.0 Å². The van der Waals surface area contributed by atoms with Gasteiger partial charge in [0.2, 0.25) is 0 Å². The van der Waals surface area contributed by atoms with E-state index in [9.17, 15) is 0 Å². The summed E-state index contributed by atoms with van der Waals surface area (Å²) in [5.74, 6) is 0.757. The number of thiazole rings is 1. The Bertz CT molecular complexity index is 340. The molecular formula is C14H24N2S. The van der Waals surface area contributed by atoms with E-state index in [-0.39, 0.29) is 0 Å². The number of aryl methyl sites for hydroxylation is 1. The van der Waals surface area contributed by atoms with Crippen LogP contribution < -0.4 is 5.32 Å². The molecule has 0 amide bonds. The number of aromatic nitrogens is 1. The maximum Gasteiger partial charge on any atom is 0.0962 e. The second-order valence-electron chi connectivity index (χ2n) is 5.07. The van der Waals surface area contributed by atoms with Crippen molar-refractivity contribution < 1.29 is 0 Å². The molecule has 96 valence electrons. The number of rotatable bonds is 5. The highest BCUT2D eigenvalue weighted by molar-refractivity contribution is 7.11. The summed E-state index contributed by atoms with van der Waals surface area (Å²) in [4.78, 5) is 6.24. The third kappa shape index (κ3) is 3.52. The Morgan fingerprint density at radius 1 is 1.29 bits per heavy atom. The Kier molecular flexibility index (Phi) is 4.99. The Morgan fingerprint density at radius 3 is 2.76 bits per heavy atom. The van der Waals surface area contributed by atoms with E-state index in [1.54, 1.807) is 0 Å². The molecule has 1 saturated carbocycles. The van der Waals surface area contributed by atoms with Crippen LogP contribution in [-0.2, 0) is 6.54 Å². The SMILES string of the molecule is CCCNCc1sc(C2CCCCC2)nc1C. The van der Waals surface area contributed by atoms with Crippen LogP contribution >= 0.6 is 11.3 Å². The zero-order valence-electron chi connectivity index (χ0n) is 11.1. The zero-order chi connectivity index (χ0) is 12.1. The predicted octanol–water partition coefficient (Wildman–Crippen LogP) is 4.00. The molecule has 0 unspecified atom stereocenters. The molecule has 0 spiro atoms. The van der Waals surface area contributed by atoms with Gasteiger partial charge in [0, 0.05) is 17.3 Å². The van der Waals surface area contributed by atoms with Crippen molar-refractivity contribution in [3.8, 4) is 0 Å². The number of nitrogens with zero attached hydrogens (tertiary/aromatic N) is 1. The van der Waals surface area contributed by atoms with Crippen LogP contribution in [0.4, 0.5) is 0 Å². The molecule has 3 heteroatoms. The summed E-state index contributed by atoms with van der Waals surface area (Å²) < 4.78 is 0. The smallest absolute Gasteiger partial charge is 0.0962 e. The largest absolute Gasteiger partial charge is 0.312 e. The van der Waals surface area contributed by atoms with Crippen molar-refractivity contribution in [1.29, 1.82) is 0 Å². The van der Waals surface area contributed by atoms with Gasteiger partial charge in [0.05, 0.1) is 10.7 Å². The Labute approximate surface area is 109 Å². The third-order valence-electron chi connectivity index (χ3n) is 3.58. The van der Waals surface area contributed by atoms with Gasteiger partial charge < -0.3 is 5.32 Å². The Hall–Kier alpha value is -0.410. The molecule has 1 fully saturated rings. The second-order valence-corrected chi connectivity index (χ2v) is 6.19. The fourth-order valence-corrected chi connectivity index (χ4v) is 3.72. The van der Waals surface area contributed by atoms with Crippen LogP contribution in [0.5, 0.6) is 0 Å². The molecule has 0 atom stereocenters. The molecule has 0 bridgehead atoms. The minimum absolute atomic E-state index is 0.757. The fraction of sp³-hybridized carbons (Fsp3) is 0.786. The molecule has 2 rings (SSSR count). The zero-order valence-corrected chi connectivity index (χ0v) is 11.9. The fourth-order valence-electron chi connectivity index (χ4n) is 2.52. The van der Waals surface area contributed by atoms with Crippen LogP contribution in [0.3, 0.4) is 0 Å². The number of nitrogens with one attached hydrogen (secondary N) is 1. The highest BCUT2D eigenvalue weighted by Gasteiger charge is 2.19. The topological polar surface area (TPSA) is 24.9 Å². The van der Waals surface area contributed by atoms with Crippen LogP contribution in [0, 0.1) is 6.92 Å². The molecule has 0 aliphatic heterocycles. The van der Waals surface area contributed by atoms with Gasteiger partial charge in [-0.15, -0.1) is 11.3 Å². The Morgan fingerprint density at radius 2 is 2.06 bits per heavy atom. The van der Waals surface area contributed by atoms with Gasteiger partial charge in [0.1, 0.15) is 0 Å². The van der Waals surface area contributed by atoms with Crippen molar-refractivity contribution in [2.75, 3.05) is 6.54 Å². The minimum atomic E-state index is 0.757. The van der Waals surface area contributed by atoms with Gasteiger partial charge >= 0.3 is 0 Å². The second kappa shape index (κ2) is 6.50. The van der Waals surface area contributed by atoms with Crippen molar-refractivity contribution in [2.45, 2.75) is 64.8 Å². The molecule has 0 aromatic carbocycles. The average molecular weight is 252 g/mol. The van der Waals surface area contributed by atoms with Crippen molar-refractivity contribution in [3.05, 3.63) is 15.6 Å². The summed E-state index contributed by atoms with van der Waals surface area (Å²) in [6.07, 6.45) is 8.13. The van der Waals surface area contributed by atoms with Gasteiger partial charge in [-0.1, -0.05) is 26.2 Å². The van der Waals surface area contributed by atoms with E-state index in [2.05, 4.69) is 19.2 Å². The molecule has 1 heterocycles. The first-order valence-corrected chi connectivity index (χ1v) is 7.79. The quantitative estimate of drug-likeness (QED) is 0.801. The van der Waals surface area contributed by atoms with E-state index in [1.807, 2.05) is 11.3 Å².